The van der Waals surface area contributed by atoms with Crippen molar-refractivity contribution in [2.24, 2.45) is 0 Å². The Bertz CT molecular complexity index is 713. The number of aryl methyl sites for hydroxylation is 1. The van der Waals surface area contributed by atoms with E-state index in [-0.39, 0.29) is 22.8 Å². The molecule has 0 amide bonds. The first-order valence-corrected chi connectivity index (χ1v) is 9.07. The minimum Gasteiger partial charge on any atom is -0.434 e. The first-order chi connectivity index (χ1) is 12.0. The van der Waals surface area contributed by atoms with E-state index >= 15 is 0 Å². The van der Waals surface area contributed by atoms with Gasteiger partial charge in [0.15, 0.2) is 10.1 Å². The molecule has 25 heavy (non-hydrogen) atoms. The van der Waals surface area contributed by atoms with Crippen molar-refractivity contribution in [2.75, 3.05) is 31.3 Å². The maximum absolute atomic E-state index is 12.5. The van der Waals surface area contributed by atoms with E-state index in [1.807, 2.05) is 0 Å². The summed E-state index contributed by atoms with van der Waals surface area (Å²) in [6.07, 6.45) is 0. The van der Waals surface area contributed by atoms with Crippen molar-refractivity contribution in [3.63, 3.8) is 0 Å². The van der Waals surface area contributed by atoms with Gasteiger partial charge >= 0.3 is 6.61 Å². The number of nitrogens with zero attached hydrogens (tertiary/aromatic N) is 2. The second-order valence-corrected chi connectivity index (χ2v) is 7.08. The van der Waals surface area contributed by atoms with Crippen LogP contribution in [0.2, 0.25) is 0 Å². The third kappa shape index (κ3) is 6.22. The van der Waals surface area contributed by atoms with Crippen molar-refractivity contribution in [1.82, 2.24) is 10.2 Å². The summed E-state index contributed by atoms with van der Waals surface area (Å²) in [5.74, 6) is -0.380. The Labute approximate surface area is 151 Å². The quantitative estimate of drug-likeness (QED) is 0.379. The van der Waals surface area contributed by atoms with Gasteiger partial charge < -0.3 is 14.8 Å². The molecule has 0 saturated carbocycles. The molecule has 0 saturated heterocycles. The predicted octanol–water partition coefficient (Wildman–Crippen LogP) is 3.48. The van der Waals surface area contributed by atoms with Crippen molar-refractivity contribution in [2.45, 2.75) is 17.9 Å². The lowest BCUT2D eigenvalue weighted by atomic mass is 10.1. The van der Waals surface area contributed by atoms with E-state index in [9.17, 15) is 13.6 Å². The van der Waals surface area contributed by atoms with E-state index in [0.29, 0.717) is 22.6 Å². The van der Waals surface area contributed by atoms with Gasteiger partial charge in [0.05, 0.1) is 17.9 Å². The highest BCUT2D eigenvalue weighted by Crippen LogP contribution is 2.28. The maximum Gasteiger partial charge on any atom is 0.387 e. The zero-order chi connectivity index (χ0) is 18.2. The van der Waals surface area contributed by atoms with Gasteiger partial charge in [0, 0.05) is 13.7 Å². The van der Waals surface area contributed by atoms with Gasteiger partial charge in [0.1, 0.15) is 5.75 Å². The molecule has 6 nitrogen and oxygen atoms in total. The summed E-state index contributed by atoms with van der Waals surface area (Å²) in [6.45, 7) is -0.0582. The molecule has 0 aliphatic rings. The Morgan fingerprint density at radius 1 is 1.40 bits per heavy atom. The van der Waals surface area contributed by atoms with E-state index in [0.717, 1.165) is 5.56 Å². The van der Waals surface area contributed by atoms with Crippen LogP contribution >= 0.6 is 23.1 Å². The molecule has 0 spiro atoms. The van der Waals surface area contributed by atoms with E-state index in [1.165, 1.54) is 29.2 Å². The zero-order valence-electron chi connectivity index (χ0n) is 13.6. The number of rotatable bonds is 10. The van der Waals surface area contributed by atoms with Gasteiger partial charge in [-0.1, -0.05) is 34.7 Å². The summed E-state index contributed by atoms with van der Waals surface area (Å²) in [5, 5.41) is 11.6. The Morgan fingerprint density at radius 2 is 2.20 bits per heavy atom. The number of Topliss-reactive ketones (excluding diaryl/α,β-unsaturated/α-hetero) is 1. The number of carbonyl (C=O) groups is 1. The van der Waals surface area contributed by atoms with Gasteiger partial charge in [-0.15, -0.1) is 10.2 Å². The molecule has 0 fully saturated rings. The highest BCUT2D eigenvalue weighted by Gasteiger charge is 2.17. The van der Waals surface area contributed by atoms with E-state index in [4.69, 9.17) is 4.74 Å². The molecule has 0 bridgehead atoms. The van der Waals surface area contributed by atoms with Crippen molar-refractivity contribution in [3.8, 4) is 5.75 Å². The van der Waals surface area contributed by atoms with Crippen LogP contribution in [0.3, 0.4) is 0 Å². The second-order valence-electron chi connectivity index (χ2n) is 4.88. The minimum absolute atomic E-state index is 0.0513. The van der Waals surface area contributed by atoms with E-state index in [2.05, 4.69) is 20.3 Å². The van der Waals surface area contributed by atoms with Crippen LogP contribution in [0.5, 0.6) is 5.75 Å². The van der Waals surface area contributed by atoms with Crippen molar-refractivity contribution in [3.05, 3.63) is 29.3 Å². The van der Waals surface area contributed by atoms with Gasteiger partial charge in [0.25, 0.3) is 0 Å². The van der Waals surface area contributed by atoms with Crippen LogP contribution in [0.4, 0.5) is 13.9 Å². The number of hydrogen-bond acceptors (Lipinski definition) is 8. The number of benzene rings is 1. The average molecular weight is 389 g/mol. The van der Waals surface area contributed by atoms with Crippen LogP contribution in [-0.2, 0) is 4.74 Å². The summed E-state index contributed by atoms with van der Waals surface area (Å²) < 4.78 is 34.9. The Morgan fingerprint density at radius 3 is 2.92 bits per heavy atom. The van der Waals surface area contributed by atoms with Crippen LogP contribution in [0.15, 0.2) is 22.5 Å². The molecule has 0 atom stereocenters. The largest absolute Gasteiger partial charge is 0.434 e. The molecule has 1 heterocycles. The van der Waals surface area contributed by atoms with E-state index in [1.54, 1.807) is 26.2 Å². The van der Waals surface area contributed by atoms with Gasteiger partial charge in [0.2, 0.25) is 5.13 Å². The normalized spacial score (nSPS) is 10.9. The first kappa shape index (κ1) is 19.5. The number of ketones is 1. The van der Waals surface area contributed by atoms with Crippen molar-refractivity contribution >= 4 is 34.0 Å². The summed E-state index contributed by atoms with van der Waals surface area (Å²) in [5.41, 5.74) is 0.922. The number of anilines is 1. The van der Waals surface area contributed by atoms with Gasteiger partial charge in [-0.2, -0.15) is 8.78 Å². The molecule has 10 heteroatoms. The highest BCUT2D eigenvalue weighted by atomic mass is 32.2. The molecule has 0 unspecified atom stereocenters. The number of halogens is 2. The van der Waals surface area contributed by atoms with Crippen LogP contribution in [0, 0.1) is 6.92 Å². The lowest BCUT2D eigenvalue weighted by Gasteiger charge is -2.10. The minimum atomic E-state index is -2.98. The fourth-order valence-electron chi connectivity index (χ4n) is 1.87. The Kier molecular flexibility index (Phi) is 7.53. The Hall–Kier alpha value is -1.78. The SMILES string of the molecule is COCCNc1nnc(SCC(=O)c2cc(C)ccc2OC(F)F)s1. The molecule has 1 aromatic carbocycles. The molecular formula is C15H17F2N3O3S2. The number of thioether (sulfide) groups is 1. The number of carbonyl (C=O) groups excluding carboxylic acids is 1. The molecule has 1 aromatic heterocycles. The summed E-state index contributed by atoms with van der Waals surface area (Å²) in [6, 6.07) is 4.53. The average Bonchev–Trinajstić information content (AvgIpc) is 3.02. The third-order valence-electron chi connectivity index (χ3n) is 2.97. The van der Waals surface area contributed by atoms with Crippen LogP contribution < -0.4 is 10.1 Å². The van der Waals surface area contributed by atoms with Crippen LogP contribution in [-0.4, -0.2) is 48.6 Å². The number of aromatic nitrogens is 2. The summed E-state index contributed by atoms with van der Waals surface area (Å²) in [7, 11) is 1.60. The fourth-order valence-corrected chi connectivity index (χ4v) is 3.53. The van der Waals surface area contributed by atoms with Crippen LogP contribution in [0.1, 0.15) is 15.9 Å². The molecule has 0 radical (unpaired) electrons. The molecule has 1 N–H and O–H groups in total. The smallest absolute Gasteiger partial charge is 0.387 e. The van der Waals surface area contributed by atoms with E-state index < -0.39 is 6.61 Å². The number of methoxy groups -OCH3 is 1. The van der Waals surface area contributed by atoms with Gasteiger partial charge in [-0.25, -0.2) is 0 Å². The van der Waals surface area contributed by atoms with Crippen molar-refractivity contribution in [1.29, 1.82) is 0 Å². The third-order valence-corrected chi connectivity index (χ3v) is 4.98. The number of nitrogens with one attached hydrogen (secondary N) is 1. The summed E-state index contributed by atoms with van der Waals surface area (Å²) in [4.78, 5) is 12.4. The predicted molar refractivity (Wildman–Crippen MR) is 93.1 cm³/mol. The lowest BCUT2D eigenvalue weighted by Crippen LogP contribution is -2.10. The summed E-state index contributed by atoms with van der Waals surface area (Å²) >= 11 is 2.51. The van der Waals surface area contributed by atoms with Gasteiger partial charge in [-0.05, 0) is 19.1 Å². The highest BCUT2D eigenvalue weighted by molar-refractivity contribution is 8.01. The lowest BCUT2D eigenvalue weighted by molar-refractivity contribution is -0.0501. The first-order valence-electron chi connectivity index (χ1n) is 7.27. The number of alkyl halides is 2. The molecule has 0 aliphatic carbocycles. The molecule has 0 aliphatic heterocycles. The molecule has 136 valence electrons. The van der Waals surface area contributed by atoms with Crippen LogP contribution in [0.25, 0.3) is 0 Å². The molecular weight excluding hydrogens is 372 g/mol. The molecule has 2 rings (SSSR count). The maximum atomic E-state index is 12.5. The monoisotopic (exact) mass is 389 g/mol. The van der Waals surface area contributed by atoms with Gasteiger partial charge in [-0.3, -0.25) is 4.79 Å². The molecule has 2 aromatic rings. The van der Waals surface area contributed by atoms with Crippen molar-refractivity contribution < 1.29 is 23.0 Å². The zero-order valence-corrected chi connectivity index (χ0v) is 15.3. The second kappa shape index (κ2) is 9.64. The topological polar surface area (TPSA) is 73.3 Å². The Balaban J connectivity index is 1.97. The standard InChI is InChI=1S/C15H17F2N3O3S2/c1-9-3-4-12(23-13(16)17)10(7-9)11(21)8-24-15-20-19-14(25-15)18-5-6-22-2/h3-4,7,13H,5-6,8H2,1-2H3,(H,18,19). The fraction of sp³-hybridized carbons (Fsp3) is 0.400. The number of ether oxygens (including phenoxy) is 2. The number of hydrogen-bond donors (Lipinski definition) is 1.